The van der Waals surface area contributed by atoms with E-state index in [1.54, 1.807) is 7.11 Å². The first-order valence-electron chi connectivity index (χ1n) is 9.10. The topological polar surface area (TPSA) is 51.7 Å². The number of H-pyrrole nitrogens is 1. The van der Waals surface area contributed by atoms with Crippen molar-refractivity contribution in [1.82, 2.24) is 9.88 Å². The van der Waals surface area contributed by atoms with Crippen LogP contribution in [0.25, 0.3) is 10.9 Å². The number of para-hydroxylation sites is 3. The molecule has 0 unspecified atom stereocenters. The van der Waals surface area contributed by atoms with Gasteiger partial charge in [0.25, 0.3) is 0 Å². The maximum Gasteiger partial charge on any atom is 0.142 e. The van der Waals surface area contributed by atoms with Gasteiger partial charge in [-0.05, 0) is 18.2 Å². The molecular formula is C21H25N3O2. The minimum absolute atomic E-state index is 0.482. The number of rotatable bonds is 5. The van der Waals surface area contributed by atoms with E-state index in [1.807, 2.05) is 42.6 Å². The molecule has 1 aliphatic heterocycles. The molecular weight excluding hydrogens is 326 g/mol. The summed E-state index contributed by atoms with van der Waals surface area (Å²) in [5.41, 5.74) is 3.20. The van der Waals surface area contributed by atoms with Crippen molar-refractivity contribution in [3.63, 3.8) is 0 Å². The first-order valence-corrected chi connectivity index (χ1v) is 9.10. The summed E-state index contributed by atoms with van der Waals surface area (Å²) in [6, 6.07) is 16.3. The third-order valence-corrected chi connectivity index (χ3v) is 5.21. The van der Waals surface area contributed by atoms with E-state index in [9.17, 15) is 5.11 Å². The van der Waals surface area contributed by atoms with Crippen LogP contribution in [0.1, 0.15) is 11.7 Å². The predicted molar refractivity (Wildman–Crippen MR) is 105 cm³/mol. The number of nitrogens with zero attached hydrogens (tertiary/aromatic N) is 2. The van der Waals surface area contributed by atoms with Crippen molar-refractivity contribution in [3.05, 3.63) is 60.3 Å². The molecule has 3 aromatic rings. The van der Waals surface area contributed by atoms with E-state index in [0.29, 0.717) is 6.54 Å². The molecule has 5 heteroatoms. The second-order valence-corrected chi connectivity index (χ2v) is 6.76. The van der Waals surface area contributed by atoms with Crippen molar-refractivity contribution in [2.75, 3.05) is 44.7 Å². The number of nitrogens with one attached hydrogen (secondary N) is 1. The second kappa shape index (κ2) is 7.40. The van der Waals surface area contributed by atoms with Gasteiger partial charge in [-0.25, -0.2) is 0 Å². The van der Waals surface area contributed by atoms with Crippen molar-refractivity contribution >= 4 is 16.6 Å². The van der Waals surface area contributed by atoms with Crippen LogP contribution in [-0.2, 0) is 0 Å². The monoisotopic (exact) mass is 351 g/mol. The minimum atomic E-state index is -0.482. The lowest BCUT2D eigenvalue weighted by Crippen LogP contribution is -2.47. The van der Waals surface area contributed by atoms with Gasteiger partial charge in [0.15, 0.2) is 0 Å². The van der Waals surface area contributed by atoms with Crippen LogP contribution in [0, 0.1) is 0 Å². The lowest BCUT2D eigenvalue weighted by Gasteiger charge is -2.37. The molecule has 2 heterocycles. The molecule has 0 bridgehead atoms. The van der Waals surface area contributed by atoms with Crippen LogP contribution in [-0.4, -0.2) is 54.8 Å². The van der Waals surface area contributed by atoms with Gasteiger partial charge in [0.1, 0.15) is 5.75 Å². The number of hydrogen-bond donors (Lipinski definition) is 2. The summed E-state index contributed by atoms with van der Waals surface area (Å²) < 4.78 is 5.48. The lowest BCUT2D eigenvalue weighted by atomic mass is 10.1. The van der Waals surface area contributed by atoms with Gasteiger partial charge in [-0.2, -0.15) is 0 Å². The Morgan fingerprint density at radius 1 is 1.04 bits per heavy atom. The number of aromatic nitrogens is 1. The van der Waals surface area contributed by atoms with Gasteiger partial charge in [0, 0.05) is 55.4 Å². The molecule has 1 fully saturated rings. The summed E-state index contributed by atoms with van der Waals surface area (Å²) >= 11 is 0. The number of ether oxygens (including phenoxy) is 1. The SMILES string of the molecule is COc1ccccc1N1CCN(C[C@@H](O)c2c[nH]c3ccccc23)CC1. The fourth-order valence-electron chi connectivity index (χ4n) is 3.77. The zero-order valence-corrected chi connectivity index (χ0v) is 15.1. The van der Waals surface area contributed by atoms with E-state index >= 15 is 0 Å². The summed E-state index contributed by atoms with van der Waals surface area (Å²) in [6.07, 6.45) is 1.45. The molecule has 0 aliphatic carbocycles. The summed E-state index contributed by atoms with van der Waals surface area (Å²) in [4.78, 5) is 7.93. The number of fused-ring (bicyclic) bond motifs is 1. The Bertz CT molecular complexity index is 868. The average Bonchev–Trinajstić information content (AvgIpc) is 3.13. The maximum absolute atomic E-state index is 10.7. The molecule has 1 saturated heterocycles. The summed E-state index contributed by atoms with van der Waals surface area (Å²) in [6.45, 7) is 4.37. The Morgan fingerprint density at radius 2 is 1.77 bits per heavy atom. The zero-order valence-electron chi connectivity index (χ0n) is 15.1. The first-order chi connectivity index (χ1) is 12.8. The molecule has 0 spiro atoms. The van der Waals surface area contributed by atoms with E-state index < -0.39 is 6.10 Å². The number of anilines is 1. The summed E-state index contributed by atoms with van der Waals surface area (Å²) in [5, 5.41) is 11.8. The van der Waals surface area contributed by atoms with Gasteiger partial charge < -0.3 is 19.7 Å². The smallest absolute Gasteiger partial charge is 0.142 e. The van der Waals surface area contributed by atoms with Crippen LogP contribution >= 0.6 is 0 Å². The molecule has 0 saturated carbocycles. The first kappa shape index (κ1) is 16.9. The highest BCUT2D eigenvalue weighted by atomic mass is 16.5. The standard InChI is InChI=1S/C21H25N3O2/c1-26-21-9-5-4-8-19(21)24-12-10-23(11-13-24)15-20(25)17-14-22-18-7-3-2-6-16(17)18/h2-9,14,20,22,25H,10-13,15H2,1H3/t20-/m1/s1. The van der Waals surface area contributed by atoms with Crippen molar-refractivity contribution < 1.29 is 9.84 Å². The molecule has 1 atom stereocenters. The Kier molecular flexibility index (Phi) is 4.82. The molecule has 5 nitrogen and oxygen atoms in total. The van der Waals surface area contributed by atoms with Crippen LogP contribution in [0.4, 0.5) is 5.69 Å². The molecule has 26 heavy (non-hydrogen) atoms. The van der Waals surface area contributed by atoms with Crippen LogP contribution in [0.3, 0.4) is 0 Å². The molecule has 0 amide bonds. The third kappa shape index (κ3) is 3.28. The molecule has 1 aliphatic rings. The molecule has 136 valence electrons. The number of benzene rings is 2. The van der Waals surface area contributed by atoms with Crippen LogP contribution in [0.2, 0.25) is 0 Å². The Labute approximate surface area is 153 Å². The zero-order chi connectivity index (χ0) is 17.9. The second-order valence-electron chi connectivity index (χ2n) is 6.76. The number of aliphatic hydroxyl groups excluding tert-OH is 1. The number of β-amino-alcohol motifs (C(OH)–C–C–N with tert-alkyl or cyclic N) is 1. The number of aliphatic hydroxyl groups is 1. The maximum atomic E-state index is 10.7. The Balaban J connectivity index is 1.39. The fourth-order valence-corrected chi connectivity index (χ4v) is 3.77. The van der Waals surface area contributed by atoms with E-state index in [1.165, 1.54) is 0 Å². The molecule has 2 N–H and O–H groups in total. The lowest BCUT2D eigenvalue weighted by molar-refractivity contribution is 0.110. The van der Waals surface area contributed by atoms with Gasteiger partial charge in [0.05, 0.1) is 18.9 Å². The Hall–Kier alpha value is -2.50. The van der Waals surface area contributed by atoms with Gasteiger partial charge in [-0.3, -0.25) is 4.90 Å². The van der Waals surface area contributed by atoms with E-state index in [0.717, 1.165) is 54.1 Å². The average molecular weight is 351 g/mol. The minimum Gasteiger partial charge on any atom is -0.495 e. The fraction of sp³-hybridized carbons (Fsp3) is 0.333. The number of piperazine rings is 1. The largest absolute Gasteiger partial charge is 0.495 e. The van der Waals surface area contributed by atoms with Crippen LogP contribution in [0.15, 0.2) is 54.7 Å². The van der Waals surface area contributed by atoms with E-state index in [4.69, 9.17) is 4.74 Å². The normalized spacial score (nSPS) is 16.8. The van der Waals surface area contributed by atoms with Crippen molar-refractivity contribution in [2.45, 2.75) is 6.10 Å². The van der Waals surface area contributed by atoms with Gasteiger partial charge in [-0.15, -0.1) is 0 Å². The summed E-state index contributed by atoms with van der Waals surface area (Å²) in [5.74, 6) is 0.916. The number of aromatic amines is 1. The van der Waals surface area contributed by atoms with Crippen molar-refractivity contribution in [3.8, 4) is 5.75 Å². The highest BCUT2D eigenvalue weighted by Crippen LogP contribution is 2.29. The highest BCUT2D eigenvalue weighted by molar-refractivity contribution is 5.83. The summed E-state index contributed by atoms with van der Waals surface area (Å²) in [7, 11) is 1.71. The highest BCUT2D eigenvalue weighted by Gasteiger charge is 2.22. The van der Waals surface area contributed by atoms with Crippen LogP contribution in [0.5, 0.6) is 5.75 Å². The van der Waals surface area contributed by atoms with E-state index in [-0.39, 0.29) is 0 Å². The predicted octanol–water partition coefficient (Wildman–Crippen LogP) is 3.03. The molecule has 2 aromatic carbocycles. The number of hydrogen-bond acceptors (Lipinski definition) is 4. The van der Waals surface area contributed by atoms with Crippen molar-refractivity contribution in [1.29, 1.82) is 0 Å². The number of methoxy groups -OCH3 is 1. The van der Waals surface area contributed by atoms with Gasteiger partial charge >= 0.3 is 0 Å². The van der Waals surface area contributed by atoms with Crippen molar-refractivity contribution in [2.24, 2.45) is 0 Å². The van der Waals surface area contributed by atoms with E-state index in [2.05, 4.69) is 26.9 Å². The van der Waals surface area contributed by atoms with Gasteiger partial charge in [-0.1, -0.05) is 30.3 Å². The third-order valence-electron chi connectivity index (χ3n) is 5.21. The van der Waals surface area contributed by atoms with Gasteiger partial charge in [0.2, 0.25) is 0 Å². The molecule has 1 aromatic heterocycles. The molecule has 4 rings (SSSR count). The Morgan fingerprint density at radius 3 is 2.58 bits per heavy atom. The quantitative estimate of drug-likeness (QED) is 0.742. The molecule has 0 radical (unpaired) electrons. The van der Waals surface area contributed by atoms with Crippen LogP contribution < -0.4 is 9.64 Å².